The molecule has 0 spiro atoms. The topological polar surface area (TPSA) is 37.3 Å². The van der Waals surface area contributed by atoms with E-state index in [0.717, 1.165) is 11.8 Å². The first-order chi connectivity index (χ1) is 16.9. The molecule has 2 aromatic rings. The van der Waals surface area contributed by atoms with E-state index in [2.05, 4.69) is 67.1 Å². The molecule has 0 aromatic heterocycles. The molecule has 0 saturated heterocycles. The van der Waals surface area contributed by atoms with Gasteiger partial charge >= 0.3 is 5.97 Å². The van der Waals surface area contributed by atoms with E-state index in [1.54, 1.807) is 20.8 Å². The second kappa shape index (κ2) is 18.8. The minimum absolute atomic E-state index is 0. The number of aliphatic carboxylic acids is 1. The molecule has 3 aliphatic rings. The zero-order chi connectivity index (χ0) is 25.4. The number of hydrogen-bond donors (Lipinski definition) is 1. The quantitative estimate of drug-likeness (QED) is 0.331. The van der Waals surface area contributed by atoms with Gasteiger partial charge < -0.3 is 11.5 Å². The van der Waals surface area contributed by atoms with Gasteiger partial charge in [0.15, 0.2) is 0 Å². The number of carboxylic acids is 1. The average molecular weight is 516 g/mol. The van der Waals surface area contributed by atoms with Crippen molar-refractivity contribution in [3.63, 3.8) is 0 Å². The molecule has 3 saturated carbocycles. The van der Waals surface area contributed by atoms with Crippen molar-refractivity contribution in [1.82, 2.24) is 0 Å². The van der Waals surface area contributed by atoms with Crippen molar-refractivity contribution < 1.29 is 31.6 Å². The number of rotatable bonds is 5. The zero-order valence-electron chi connectivity index (χ0n) is 21.8. The van der Waals surface area contributed by atoms with Crippen LogP contribution in [-0.2, 0) is 39.4 Å². The number of carbonyl (C=O) groups is 1. The van der Waals surface area contributed by atoms with E-state index >= 15 is 0 Å². The Morgan fingerprint density at radius 1 is 0.750 bits per heavy atom. The predicted octanol–water partition coefficient (Wildman–Crippen LogP) is 7.47. The van der Waals surface area contributed by atoms with Gasteiger partial charge in [0, 0.05) is 21.7 Å². The van der Waals surface area contributed by atoms with E-state index in [9.17, 15) is 4.79 Å². The van der Waals surface area contributed by atoms with Crippen LogP contribution in [0.15, 0.2) is 60.7 Å². The van der Waals surface area contributed by atoms with Gasteiger partial charge in [-0.1, -0.05) is 66.6 Å². The minimum Gasteiger partial charge on any atom is -0.481 e. The van der Waals surface area contributed by atoms with Crippen molar-refractivity contribution in [3.8, 4) is 0 Å². The Labute approximate surface area is 236 Å². The van der Waals surface area contributed by atoms with E-state index in [1.165, 1.54) is 30.4 Å². The summed E-state index contributed by atoms with van der Waals surface area (Å²) >= 11 is 0. The molecule has 0 aliphatic heterocycles. The Hall–Kier alpha value is -1.38. The monoisotopic (exact) mass is 515 g/mol. The fourth-order valence-corrected chi connectivity index (χ4v) is 3.31. The molecule has 1 N–H and O–H groups in total. The Morgan fingerprint density at radius 3 is 1.25 bits per heavy atom. The van der Waals surface area contributed by atoms with Gasteiger partial charge in [-0.2, -0.15) is 5.92 Å². The van der Waals surface area contributed by atoms with Crippen LogP contribution in [0.4, 0.5) is 0 Å². The first-order valence-electron chi connectivity index (χ1n) is 12.3. The van der Waals surface area contributed by atoms with Gasteiger partial charge in [0.05, 0.1) is 5.41 Å². The van der Waals surface area contributed by atoms with Crippen molar-refractivity contribution in [3.05, 3.63) is 142 Å². The van der Waals surface area contributed by atoms with Crippen LogP contribution < -0.4 is 0 Å². The van der Waals surface area contributed by atoms with Crippen LogP contribution in [0.3, 0.4) is 0 Å². The third kappa shape index (κ3) is 15.7. The summed E-state index contributed by atoms with van der Waals surface area (Å²) < 4.78 is 0. The van der Waals surface area contributed by atoms with E-state index < -0.39 is 11.4 Å². The van der Waals surface area contributed by atoms with Crippen molar-refractivity contribution in [2.45, 2.75) is 40.0 Å². The molecule has 3 aliphatic carbocycles. The van der Waals surface area contributed by atoms with Gasteiger partial charge in [-0.05, 0) is 109 Å². The average Bonchev–Trinajstić information content (AvgIpc) is 3.27. The second-order valence-electron chi connectivity index (χ2n) is 9.75. The Bertz CT molecular complexity index is 719. The summed E-state index contributed by atoms with van der Waals surface area (Å²) in [4.78, 5) is 10.0. The van der Waals surface area contributed by atoms with Crippen LogP contribution >= 0.6 is 0 Å². The Kier molecular flexibility index (Phi) is 17.1. The minimum atomic E-state index is -0.757. The fraction of sp³-hybridized carbons (Fsp3) is 0.273. The largest absolute Gasteiger partial charge is 0.481 e. The van der Waals surface area contributed by atoms with Gasteiger partial charge in [0.2, 0.25) is 0 Å². The van der Waals surface area contributed by atoms with Gasteiger partial charge in [0.1, 0.15) is 0 Å². The SMILES string of the molecule is CC(C)(C)C(=O)O.[CH]1[CH][CH][CH][CH]1.[CH]1[CH][CH][CH][CH]1.[Ti].c1ccc(CC(Cc2ccccc2)C2[CH-]C2)cc1. The molecule has 2 aromatic carbocycles. The van der Waals surface area contributed by atoms with E-state index in [4.69, 9.17) is 5.11 Å². The molecule has 1 atom stereocenters. The van der Waals surface area contributed by atoms with E-state index in [0.29, 0.717) is 0 Å². The van der Waals surface area contributed by atoms with Gasteiger partial charge in [-0.25, -0.2) is 6.42 Å². The maximum absolute atomic E-state index is 10.0. The standard InChI is InChI=1S/C18H19.C5H10O2.2C5H5.Ti/c1-3-7-15(8-4-1)13-18(17-11-12-17)14-16-9-5-2-6-10-16;1-5(2,3)4(6)7;2*1-2-4-5-3-1;/h1-11,17-18H,12-14H2;1-3H3,(H,6,7);2*1-5H;/q-1;;;;. The first kappa shape index (κ1) is 32.7. The molecule has 0 bridgehead atoms. The van der Waals surface area contributed by atoms with Crippen LogP contribution in [0.1, 0.15) is 38.3 Å². The predicted molar refractivity (Wildman–Crippen MR) is 146 cm³/mol. The molecule has 10 radical (unpaired) electrons. The van der Waals surface area contributed by atoms with Crippen LogP contribution in [-0.4, -0.2) is 11.1 Å². The summed E-state index contributed by atoms with van der Waals surface area (Å²) in [5.41, 5.74) is 2.36. The van der Waals surface area contributed by atoms with Gasteiger partial charge in [-0.15, -0.1) is 0 Å². The first-order valence-corrected chi connectivity index (χ1v) is 12.3. The third-order valence-electron chi connectivity index (χ3n) is 5.55. The molecule has 0 amide bonds. The normalized spacial score (nSPS) is 17.8. The molecular weight excluding hydrogens is 476 g/mol. The van der Waals surface area contributed by atoms with E-state index in [1.807, 2.05) is 64.2 Å². The maximum atomic E-state index is 10.0. The molecular formula is C33H39O2Ti-. The second-order valence-corrected chi connectivity index (χ2v) is 9.75. The Balaban J connectivity index is 0.000000295. The van der Waals surface area contributed by atoms with Crippen LogP contribution in [0.25, 0.3) is 0 Å². The molecule has 2 nitrogen and oxygen atoms in total. The summed E-state index contributed by atoms with van der Waals surface area (Å²) in [6.07, 6.45) is 26.2. The van der Waals surface area contributed by atoms with Crippen molar-refractivity contribution in [2.75, 3.05) is 0 Å². The smallest absolute Gasteiger partial charge is 0.308 e. The molecule has 188 valence electrons. The number of carboxylic acid groups (broad SMARTS) is 1. The van der Waals surface area contributed by atoms with Gasteiger partial charge in [-0.3, -0.25) is 4.79 Å². The van der Waals surface area contributed by atoms with Crippen LogP contribution in [0.2, 0.25) is 0 Å². The molecule has 3 heteroatoms. The molecule has 3 fully saturated rings. The molecule has 5 rings (SSSR count). The van der Waals surface area contributed by atoms with Crippen LogP contribution in [0, 0.1) is 87.9 Å². The summed E-state index contributed by atoms with van der Waals surface area (Å²) in [5, 5.41) is 8.25. The molecule has 1 unspecified atom stereocenters. The molecule has 36 heavy (non-hydrogen) atoms. The summed E-state index contributed by atoms with van der Waals surface area (Å²) in [6, 6.07) is 21.8. The third-order valence-corrected chi connectivity index (χ3v) is 5.55. The van der Waals surface area contributed by atoms with Crippen molar-refractivity contribution >= 4 is 5.97 Å². The van der Waals surface area contributed by atoms with Crippen molar-refractivity contribution in [1.29, 1.82) is 0 Å². The summed E-state index contributed by atoms with van der Waals surface area (Å²) in [5.74, 6) is 0.854. The fourth-order valence-electron chi connectivity index (χ4n) is 3.31. The maximum Gasteiger partial charge on any atom is 0.308 e. The Morgan fingerprint density at radius 2 is 1.03 bits per heavy atom. The van der Waals surface area contributed by atoms with Crippen molar-refractivity contribution in [2.24, 2.45) is 17.3 Å². The zero-order valence-corrected chi connectivity index (χ0v) is 23.3. The number of benzene rings is 2. The van der Waals surface area contributed by atoms with Gasteiger partial charge in [0.25, 0.3) is 0 Å². The summed E-state index contributed by atoms with van der Waals surface area (Å²) in [6.45, 7) is 4.99. The van der Waals surface area contributed by atoms with Crippen LogP contribution in [0.5, 0.6) is 0 Å². The summed E-state index contributed by atoms with van der Waals surface area (Å²) in [7, 11) is 0. The number of hydrogen-bond acceptors (Lipinski definition) is 1. The van der Waals surface area contributed by atoms with E-state index in [-0.39, 0.29) is 21.7 Å². The molecule has 0 heterocycles.